The number of nitrogens with two attached hydrogens (primary N) is 2. The number of H-pyrrole nitrogens is 1. The number of thiazole rings is 1. The number of nitrogens with one attached hydrogen (secondary N) is 3. The predicted octanol–water partition coefficient (Wildman–Crippen LogP) is 0.653. The molecule has 0 aliphatic carbocycles. The van der Waals surface area contributed by atoms with Crippen molar-refractivity contribution in [3.63, 3.8) is 0 Å². The third-order valence-corrected chi connectivity index (χ3v) is 4.93. The highest BCUT2D eigenvalue weighted by Gasteiger charge is 2.02. The molecule has 0 saturated heterocycles. The molecule has 2 rings (SSSR count). The Balaban J connectivity index is 1.63. The van der Waals surface area contributed by atoms with Crippen molar-refractivity contribution in [2.75, 3.05) is 18.8 Å². The average molecular weight is 407 g/mol. The van der Waals surface area contributed by atoms with Crippen molar-refractivity contribution in [1.82, 2.24) is 25.6 Å². The van der Waals surface area contributed by atoms with Crippen molar-refractivity contribution in [1.29, 1.82) is 5.26 Å². The van der Waals surface area contributed by atoms with E-state index in [1.165, 1.54) is 11.3 Å². The van der Waals surface area contributed by atoms with Gasteiger partial charge >= 0.3 is 0 Å². The topological polar surface area (TPSA) is 166 Å². The molecule has 7 N–H and O–H groups in total. The normalized spacial score (nSPS) is 11.0. The molecular formula is C15H22N10S2. The Morgan fingerprint density at radius 3 is 3.07 bits per heavy atom. The van der Waals surface area contributed by atoms with Gasteiger partial charge in [0.25, 0.3) is 0 Å². The van der Waals surface area contributed by atoms with E-state index in [9.17, 15) is 0 Å². The van der Waals surface area contributed by atoms with Crippen LogP contribution in [-0.2, 0) is 12.2 Å². The highest BCUT2D eigenvalue weighted by atomic mass is 32.2. The Morgan fingerprint density at radius 2 is 2.33 bits per heavy atom. The van der Waals surface area contributed by atoms with Crippen LogP contribution in [0.2, 0.25) is 0 Å². The van der Waals surface area contributed by atoms with E-state index in [4.69, 9.17) is 16.7 Å². The number of nitriles is 1. The van der Waals surface area contributed by atoms with Gasteiger partial charge in [0.15, 0.2) is 12.2 Å². The lowest BCUT2D eigenvalue weighted by atomic mass is 10.2. The van der Waals surface area contributed by atoms with Crippen LogP contribution in [0.3, 0.4) is 0 Å². The van der Waals surface area contributed by atoms with Crippen LogP contribution in [0.5, 0.6) is 0 Å². The van der Waals surface area contributed by atoms with E-state index in [0.717, 1.165) is 35.7 Å². The summed E-state index contributed by atoms with van der Waals surface area (Å²) < 4.78 is 0. The number of aromatic nitrogens is 3. The molecule has 0 atom stereocenters. The molecule has 0 unspecified atom stereocenters. The van der Waals surface area contributed by atoms with Gasteiger partial charge in [-0.15, -0.1) is 11.3 Å². The van der Waals surface area contributed by atoms with Crippen molar-refractivity contribution in [2.24, 2.45) is 21.5 Å². The van der Waals surface area contributed by atoms with Gasteiger partial charge < -0.3 is 21.8 Å². The van der Waals surface area contributed by atoms with Crippen molar-refractivity contribution < 1.29 is 0 Å². The van der Waals surface area contributed by atoms with Crippen LogP contribution >= 0.6 is 23.1 Å². The lowest BCUT2D eigenvalue weighted by molar-refractivity contribution is 0.801. The molecule has 2 aromatic heterocycles. The molecule has 0 radical (unpaired) electrons. The zero-order chi connectivity index (χ0) is 19.3. The summed E-state index contributed by atoms with van der Waals surface area (Å²) in [5, 5.41) is 17.0. The van der Waals surface area contributed by atoms with Gasteiger partial charge in [-0.2, -0.15) is 22.0 Å². The summed E-state index contributed by atoms with van der Waals surface area (Å²) in [4.78, 5) is 19.7. The number of aryl methyl sites for hydroxylation is 1. The summed E-state index contributed by atoms with van der Waals surface area (Å²) in [6.07, 6.45) is 7.10. The molecule has 2 heterocycles. The summed E-state index contributed by atoms with van der Waals surface area (Å²) in [6.45, 7) is 1.30. The summed E-state index contributed by atoms with van der Waals surface area (Å²) in [7, 11) is 0. The third-order valence-electron chi connectivity index (χ3n) is 3.16. The molecular weight excluding hydrogens is 384 g/mol. The van der Waals surface area contributed by atoms with Crippen LogP contribution < -0.4 is 22.1 Å². The molecule has 0 bridgehead atoms. The first-order valence-electron chi connectivity index (χ1n) is 8.20. The number of imidazole rings is 1. The number of thioether (sulfide) groups is 1. The maximum atomic E-state index is 8.82. The second-order valence-electron chi connectivity index (χ2n) is 5.28. The smallest absolute Gasteiger partial charge is 0.212 e. The lowest BCUT2D eigenvalue weighted by Gasteiger charge is -2.07. The molecule has 2 aromatic rings. The Hall–Kier alpha value is -2.78. The van der Waals surface area contributed by atoms with Crippen LogP contribution in [0.25, 0.3) is 0 Å². The molecule has 144 valence electrons. The Kier molecular flexibility index (Phi) is 8.94. The van der Waals surface area contributed by atoms with Crippen molar-refractivity contribution >= 4 is 40.1 Å². The van der Waals surface area contributed by atoms with Crippen molar-refractivity contribution in [3.8, 4) is 6.19 Å². The lowest BCUT2D eigenvalue weighted by Crippen LogP contribution is -2.36. The molecule has 0 fully saturated rings. The SMILES string of the molecule is N#CNC(=NCCCc1cnc[nH]1)NCCSCc1csc(N=C(N)N)n1. The maximum Gasteiger partial charge on any atom is 0.212 e. The van der Waals surface area contributed by atoms with Crippen LogP contribution in [0, 0.1) is 11.5 Å². The van der Waals surface area contributed by atoms with Crippen LogP contribution in [0.15, 0.2) is 27.9 Å². The highest BCUT2D eigenvalue weighted by molar-refractivity contribution is 7.98. The minimum atomic E-state index is 0.00845. The van der Waals surface area contributed by atoms with Gasteiger partial charge in [0.1, 0.15) is 0 Å². The molecule has 0 aromatic carbocycles. The number of rotatable bonds is 10. The van der Waals surface area contributed by atoms with Crippen molar-refractivity contribution in [2.45, 2.75) is 18.6 Å². The Bertz CT molecular complexity index is 771. The minimum Gasteiger partial charge on any atom is -0.370 e. The van der Waals surface area contributed by atoms with E-state index < -0.39 is 0 Å². The fourth-order valence-electron chi connectivity index (χ4n) is 2.02. The standard InChI is InChI=1S/C15H22N10S2/c16-9-22-14(20-3-1-2-11-6-19-10-23-11)21-4-5-26-7-12-8-27-15(24-12)25-13(17)18/h6,8,10H,1-5,7H2,(H,19,23)(H2,20,21,22)(H4,17,18,24,25). The number of aromatic amines is 1. The first-order valence-corrected chi connectivity index (χ1v) is 10.2. The predicted molar refractivity (Wildman–Crippen MR) is 110 cm³/mol. The van der Waals surface area contributed by atoms with E-state index >= 15 is 0 Å². The minimum absolute atomic E-state index is 0.00845. The average Bonchev–Trinajstić information content (AvgIpc) is 3.30. The highest BCUT2D eigenvalue weighted by Crippen LogP contribution is 2.21. The Labute approximate surface area is 165 Å². The van der Waals surface area contributed by atoms with E-state index in [0.29, 0.717) is 24.2 Å². The molecule has 0 amide bonds. The van der Waals surface area contributed by atoms with Gasteiger partial charge in [0.2, 0.25) is 11.1 Å². The quantitative estimate of drug-likeness (QED) is 0.126. The van der Waals surface area contributed by atoms with E-state index in [1.54, 1.807) is 24.3 Å². The zero-order valence-corrected chi connectivity index (χ0v) is 16.3. The van der Waals surface area contributed by atoms with E-state index in [1.807, 2.05) is 11.6 Å². The molecule has 0 saturated carbocycles. The molecule has 0 spiro atoms. The molecule has 12 heteroatoms. The van der Waals surface area contributed by atoms with E-state index in [2.05, 4.69) is 35.6 Å². The maximum absolute atomic E-state index is 8.82. The fourth-order valence-corrected chi connectivity index (χ4v) is 3.58. The summed E-state index contributed by atoms with van der Waals surface area (Å²) in [5.74, 6) is 2.11. The summed E-state index contributed by atoms with van der Waals surface area (Å²) in [5.41, 5.74) is 12.7. The number of aliphatic imine (C=N–C) groups is 2. The Morgan fingerprint density at radius 1 is 1.44 bits per heavy atom. The largest absolute Gasteiger partial charge is 0.370 e. The van der Waals surface area contributed by atoms with Gasteiger partial charge in [-0.25, -0.2) is 9.97 Å². The number of guanidine groups is 2. The van der Waals surface area contributed by atoms with Crippen molar-refractivity contribution in [3.05, 3.63) is 29.3 Å². The molecule has 0 aliphatic rings. The second-order valence-corrected chi connectivity index (χ2v) is 7.23. The van der Waals surface area contributed by atoms with Gasteiger partial charge in [-0.3, -0.25) is 10.3 Å². The third kappa shape index (κ3) is 8.43. The van der Waals surface area contributed by atoms with Gasteiger partial charge in [0.05, 0.1) is 12.0 Å². The van der Waals surface area contributed by atoms with Crippen LogP contribution in [0.1, 0.15) is 17.8 Å². The van der Waals surface area contributed by atoms with Gasteiger partial charge in [0, 0.05) is 41.9 Å². The molecule has 10 nitrogen and oxygen atoms in total. The summed E-state index contributed by atoms with van der Waals surface area (Å²) in [6, 6.07) is 0. The monoisotopic (exact) mass is 406 g/mol. The first-order chi connectivity index (χ1) is 13.2. The number of nitrogens with zero attached hydrogens (tertiary/aromatic N) is 5. The summed E-state index contributed by atoms with van der Waals surface area (Å²) >= 11 is 3.12. The number of hydrogen-bond acceptors (Lipinski definition) is 7. The second kappa shape index (κ2) is 11.8. The van der Waals surface area contributed by atoms with Gasteiger partial charge in [-0.05, 0) is 12.8 Å². The number of hydrogen-bond donors (Lipinski definition) is 5. The first kappa shape index (κ1) is 20.5. The molecule has 0 aliphatic heterocycles. The zero-order valence-electron chi connectivity index (χ0n) is 14.7. The van der Waals surface area contributed by atoms with Crippen LogP contribution in [0.4, 0.5) is 5.13 Å². The fraction of sp³-hybridized carbons (Fsp3) is 0.400. The van der Waals surface area contributed by atoms with Gasteiger partial charge in [-0.1, -0.05) is 0 Å². The van der Waals surface area contributed by atoms with Crippen LogP contribution in [-0.4, -0.2) is 45.7 Å². The molecule has 27 heavy (non-hydrogen) atoms. The van der Waals surface area contributed by atoms with E-state index in [-0.39, 0.29) is 5.96 Å².